The van der Waals surface area contributed by atoms with Crippen LogP contribution in [0, 0.1) is 0 Å². The number of benzene rings is 2. The average molecular weight is 264 g/mol. The van der Waals surface area contributed by atoms with Crippen molar-refractivity contribution < 1.29 is 0 Å². The molecule has 2 aromatic carbocycles. The van der Waals surface area contributed by atoms with E-state index in [1.54, 1.807) is 0 Å². The van der Waals surface area contributed by atoms with E-state index in [0.717, 1.165) is 6.54 Å². The Morgan fingerprint density at radius 3 is 2.60 bits per heavy atom. The number of aromatic amines is 1. The second kappa shape index (κ2) is 5.51. The molecule has 102 valence electrons. The predicted octanol–water partition coefficient (Wildman–Crippen LogP) is 4.36. The van der Waals surface area contributed by atoms with E-state index in [0.29, 0.717) is 6.04 Å². The van der Waals surface area contributed by atoms with E-state index in [9.17, 15) is 0 Å². The molecule has 0 aliphatic carbocycles. The van der Waals surface area contributed by atoms with Gasteiger partial charge in [-0.25, -0.2) is 0 Å². The largest absolute Gasteiger partial charge is 0.364 e. The molecule has 0 radical (unpaired) electrons. The number of fused-ring (bicyclic) bond motifs is 1. The fraction of sp³-hybridized carbons (Fsp3) is 0.222. The van der Waals surface area contributed by atoms with Gasteiger partial charge in [0.1, 0.15) is 0 Å². The van der Waals surface area contributed by atoms with Gasteiger partial charge in [0.15, 0.2) is 0 Å². The molecule has 0 aliphatic heterocycles. The molecule has 1 atom stereocenters. The van der Waals surface area contributed by atoms with Crippen LogP contribution in [-0.4, -0.2) is 16.9 Å². The number of aromatic nitrogens is 1. The minimum atomic E-state index is 0.379. The zero-order valence-electron chi connectivity index (χ0n) is 12.0. The fourth-order valence-electron chi connectivity index (χ4n) is 2.72. The standard InChI is InChI=1S/C18H20N2/c1-14(20(2)13-16-9-6-12-19-16)17-11-5-8-15-7-3-4-10-18(15)17/h3-12,14,19H,13H2,1-2H3/t14-/m1/s1. The van der Waals surface area contributed by atoms with E-state index >= 15 is 0 Å². The summed E-state index contributed by atoms with van der Waals surface area (Å²) in [4.78, 5) is 5.64. The van der Waals surface area contributed by atoms with Crippen LogP contribution in [0.4, 0.5) is 0 Å². The first kappa shape index (κ1) is 12.9. The topological polar surface area (TPSA) is 19.0 Å². The Labute approximate surface area is 120 Å². The van der Waals surface area contributed by atoms with Gasteiger partial charge in [-0.15, -0.1) is 0 Å². The molecule has 3 rings (SSSR count). The molecule has 3 aromatic rings. The molecule has 0 saturated heterocycles. The Hall–Kier alpha value is -2.06. The lowest BCUT2D eigenvalue weighted by atomic mass is 9.99. The van der Waals surface area contributed by atoms with Crippen LogP contribution in [0.2, 0.25) is 0 Å². The van der Waals surface area contributed by atoms with Crippen LogP contribution in [0.3, 0.4) is 0 Å². The SMILES string of the molecule is C[C@H](c1cccc2ccccc12)N(C)Cc1ccc[nH]1. The van der Waals surface area contributed by atoms with Gasteiger partial charge in [-0.3, -0.25) is 4.90 Å². The van der Waals surface area contributed by atoms with Crippen LogP contribution in [0.15, 0.2) is 60.8 Å². The third kappa shape index (κ3) is 2.47. The molecule has 0 bridgehead atoms. The molecule has 1 heterocycles. The van der Waals surface area contributed by atoms with Crippen LogP contribution in [0.25, 0.3) is 10.8 Å². The maximum absolute atomic E-state index is 3.27. The van der Waals surface area contributed by atoms with Gasteiger partial charge in [-0.2, -0.15) is 0 Å². The summed E-state index contributed by atoms with van der Waals surface area (Å²) in [6, 6.07) is 19.7. The van der Waals surface area contributed by atoms with Gasteiger partial charge in [0.25, 0.3) is 0 Å². The van der Waals surface area contributed by atoms with Gasteiger partial charge >= 0.3 is 0 Å². The molecule has 1 aromatic heterocycles. The summed E-state index contributed by atoms with van der Waals surface area (Å²) in [5, 5.41) is 2.66. The number of hydrogen-bond acceptors (Lipinski definition) is 1. The number of nitrogens with one attached hydrogen (secondary N) is 1. The van der Waals surface area contributed by atoms with Crippen molar-refractivity contribution in [2.45, 2.75) is 19.5 Å². The van der Waals surface area contributed by atoms with Crippen molar-refractivity contribution in [3.8, 4) is 0 Å². The van der Waals surface area contributed by atoms with E-state index in [1.165, 1.54) is 22.0 Å². The average Bonchev–Trinajstić information content (AvgIpc) is 2.99. The second-order valence-corrected chi connectivity index (χ2v) is 5.35. The van der Waals surface area contributed by atoms with Crippen molar-refractivity contribution in [2.75, 3.05) is 7.05 Å². The quantitative estimate of drug-likeness (QED) is 0.741. The summed E-state index contributed by atoms with van der Waals surface area (Å²) >= 11 is 0. The minimum Gasteiger partial charge on any atom is -0.364 e. The zero-order chi connectivity index (χ0) is 13.9. The van der Waals surface area contributed by atoms with E-state index < -0.39 is 0 Å². The van der Waals surface area contributed by atoms with Crippen LogP contribution >= 0.6 is 0 Å². The van der Waals surface area contributed by atoms with Crippen molar-refractivity contribution in [1.82, 2.24) is 9.88 Å². The molecular weight excluding hydrogens is 244 g/mol. The lowest BCUT2D eigenvalue weighted by Crippen LogP contribution is -2.22. The fourth-order valence-corrected chi connectivity index (χ4v) is 2.72. The van der Waals surface area contributed by atoms with Crippen molar-refractivity contribution in [3.05, 3.63) is 72.1 Å². The molecule has 0 amide bonds. The molecule has 2 heteroatoms. The summed E-state index contributed by atoms with van der Waals surface area (Å²) in [6.45, 7) is 3.20. The first-order chi connectivity index (χ1) is 9.75. The van der Waals surface area contributed by atoms with Gasteiger partial charge in [-0.05, 0) is 42.4 Å². The van der Waals surface area contributed by atoms with Gasteiger partial charge in [0.2, 0.25) is 0 Å². The Balaban J connectivity index is 1.90. The van der Waals surface area contributed by atoms with E-state index in [2.05, 4.69) is 72.4 Å². The third-order valence-corrected chi connectivity index (χ3v) is 4.02. The van der Waals surface area contributed by atoms with Crippen molar-refractivity contribution in [3.63, 3.8) is 0 Å². The Morgan fingerprint density at radius 1 is 1.00 bits per heavy atom. The second-order valence-electron chi connectivity index (χ2n) is 5.35. The molecule has 1 N–H and O–H groups in total. The smallest absolute Gasteiger partial charge is 0.0388 e. The predicted molar refractivity (Wildman–Crippen MR) is 84.6 cm³/mol. The maximum atomic E-state index is 3.27. The molecule has 20 heavy (non-hydrogen) atoms. The number of rotatable bonds is 4. The summed E-state index contributed by atoms with van der Waals surface area (Å²) in [7, 11) is 2.17. The lowest BCUT2D eigenvalue weighted by molar-refractivity contribution is 0.252. The highest BCUT2D eigenvalue weighted by atomic mass is 15.1. The van der Waals surface area contributed by atoms with Gasteiger partial charge in [-0.1, -0.05) is 42.5 Å². The molecule has 0 aliphatic rings. The summed E-state index contributed by atoms with van der Waals surface area (Å²) in [5.41, 5.74) is 2.64. The summed E-state index contributed by atoms with van der Waals surface area (Å²) < 4.78 is 0. The first-order valence-electron chi connectivity index (χ1n) is 7.06. The molecule has 0 spiro atoms. The minimum absolute atomic E-state index is 0.379. The molecule has 0 fully saturated rings. The summed E-state index contributed by atoms with van der Waals surface area (Å²) in [6.07, 6.45) is 1.98. The van der Waals surface area contributed by atoms with Crippen molar-refractivity contribution in [2.24, 2.45) is 0 Å². The molecule has 0 unspecified atom stereocenters. The van der Waals surface area contributed by atoms with Crippen LogP contribution in [-0.2, 0) is 6.54 Å². The van der Waals surface area contributed by atoms with E-state index in [1.807, 2.05) is 12.3 Å². The highest BCUT2D eigenvalue weighted by molar-refractivity contribution is 5.86. The van der Waals surface area contributed by atoms with Crippen LogP contribution in [0.5, 0.6) is 0 Å². The maximum Gasteiger partial charge on any atom is 0.0388 e. The van der Waals surface area contributed by atoms with Gasteiger partial charge in [0, 0.05) is 24.5 Å². The van der Waals surface area contributed by atoms with E-state index in [-0.39, 0.29) is 0 Å². The van der Waals surface area contributed by atoms with E-state index in [4.69, 9.17) is 0 Å². The van der Waals surface area contributed by atoms with Gasteiger partial charge < -0.3 is 4.98 Å². The van der Waals surface area contributed by atoms with Crippen LogP contribution < -0.4 is 0 Å². The van der Waals surface area contributed by atoms with Crippen molar-refractivity contribution >= 4 is 10.8 Å². The Morgan fingerprint density at radius 2 is 1.80 bits per heavy atom. The molecule has 2 nitrogen and oxygen atoms in total. The Kier molecular flexibility index (Phi) is 3.57. The van der Waals surface area contributed by atoms with Gasteiger partial charge in [0.05, 0.1) is 0 Å². The molecule has 0 saturated carbocycles. The molecular formula is C18H20N2. The Bertz CT molecular complexity index is 680. The normalized spacial score (nSPS) is 12.9. The van der Waals surface area contributed by atoms with Crippen LogP contribution in [0.1, 0.15) is 24.2 Å². The number of H-pyrrole nitrogens is 1. The monoisotopic (exact) mass is 264 g/mol. The summed E-state index contributed by atoms with van der Waals surface area (Å²) in [5.74, 6) is 0. The number of hydrogen-bond donors (Lipinski definition) is 1. The number of nitrogens with zero attached hydrogens (tertiary/aromatic N) is 1. The third-order valence-electron chi connectivity index (χ3n) is 4.02. The highest BCUT2D eigenvalue weighted by Gasteiger charge is 2.14. The highest BCUT2D eigenvalue weighted by Crippen LogP contribution is 2.27. The van der Waals surface area contributed by atoms with Crippen molar-refractivity contribution in [1.29, 1.82) is 0 Å². The zero-order valence-corrected chi connectivity index (χ0v) is 12.0. The lowest BCUT2D eigenvalue weighted by Gasteiger charge is -2.25. The first-order valence-corrected chi connectivity index (χ1v) is 7.06.